The lowest BCUT2D eigenvalue weighted by molar-refractivity contribution is -0.111. The van der Waals surface area contributed by atoms with Gasteiger partial charge in [0.2, 0.25) is 0 Å². The Balaban J connectivity index is 1.62. The zero-order chi connectivity index (χ0) is 15.1. The molecule has 0 bridgehead atoms. The molecule has 1 aromatic carbocycles. The van der Waals surface area contributed by atoms with Crippen molar-refractivity contribution < 1.29 is 19.0 Å². The molecule has 0 spiro atoms. The molecule has 0 amide bonds. The standard InChI is InChI=1S/C17H22O4/c1-14(17(2)20-12-13-21-17)8-6-7-11-19-16(18)15-9-4-3-5-10-15/h3-5,9-10H,1,6-8,11-13H2,2H3. The fourth-order valence-electron chi connectivity index (χ4n) is 2.21. The highest BCUT2D eigenvalue weighted by atomic mass is 16.7. The molecular weight excluding hydrogens is 268 g/mol. The van der Waals surface area contributed by atoms with E-state index in [1.54, 1.807) is 12.1 Å². The summed E-state index contributed by atoms with van der Waals surface area (Å²) in [5, 5.41) is 0. The normalized spacial score (nSPS) is 16.6. The van der Waals surface area contributed by atoms with Gasteiger partial charge in [0.25, 0.3) is 0 Å². The fraction of sp³-hybridized carbons (Fsp3) is 0.471. The lowest BCUT2D eigenvalue weighted by atomic mass is 10.0. The maximum absolute atomic E-state index is 11.7. The third-order valence-corrected chi connectivity index (χ3v) is 3.60. The van der Waals surface area contributed by atoms with Crippen LogP contribution in [0.15, 0.2) is 42.5 Å². The van der Waals surface area contributed by atoms with Crippen LogP contribution in [-0.4, -0.2) is 31.6 Å². The van der Waals surface area contributed by atoms with Gasteiger partial charge in [-0.2, -0.15) is 0 Å². The van der Waals surface area contributed by atoms with Gasteiger partial charge >= 0.3 is 5.97 Å². The minimum atomic E-state index is -0.638. The Kier molecular flexibility index (Phi) is 5.53. The Labute approximate surface area is 125 Å². The summed E-state index contributed by atoms with van der Waals surface area (Å²) in [6, 6.07) is 9.02. The smallest absolute Gasteiger partial charge is 0.338 e. The van der Waals surface area contributed by atoms with Crippen molar-refractivity contribution in [1.29, 1.82) is 0 Å². The first-order valence-electron chi connectivity index (χ1n) is 7.30. The van der Waals surface area contributed by atoms with Gasteiger partial charge in [0.1, 0.15) is 0 Å². The number of carbonyl (C=O) groups is 1. The van der Waals surface area contributed by atoms with Crippen LogP contribution in [0.25, 0.3) is 0 Å². The zero-order valence-electron chi connectivity index (χ0n) is 12.5. The van der Waals surface area contributed by atoms with Gasteiger partial charge in [0.15, 0.2) is 5.79 Å². The van der Waals surface area contributed by atoms with E-state index < -0.39 is 5.79 Å². The van der Waals surface area contributed by atoms with Gasteiger partial charge in [-0.1, -0.05) is 24.8 Å². The molecule has 1 aliphatic heterocycles. The molecule has 1 heterocycles. The summed E-state index contributed by atoms with van der Waals surface area (Å²) < 4.78 is 16.3. The largest absolute Gasteiger partial charge is 0.462 e. The number of ether oxygens (including phenoxy) is 3. The minimum Gasteiger partial charge on any atom is -0.462 e. The van der Waals surface area contributed by atoms with E-state index in [1.807, 2.05) is 25.1 Å². The molecule has 114 valence electrons. The number of carbonyl (C=O) groups excluding carboxylic acids is 1. The average Bonchev–Trinajstić information content (AvgIpc) is 2.95. The van der Waals surface area contributed by atoms with E-state index in [4.69, 9.17) is 14.2 Å². The Morgan fingerprint density at radius 2 is 1.90 bits per heavy atom. The Bertz CT molecular complexity index is 475. The van der Waals surface area contributed by atoms with Crippen molar-refractivity contribution in [2.75, 3.05) is 19.8 Å². The molecule has 4 nitrogen and oxygen atoms in total. The monoisotopic (exact) mass is 290 g/mol. The second-order valence-electron chi connectivity index (χ2n) is 5.21. The van der Waals surface area contributed by atoms with E-state index >= 15 is 0 Å². The van der Waals surface area contributed by atoms with Crippen molar-refractivity contribution in [1.82, 2.24) is 0 Å². The van der Waals surface area contributed by atoms with Crippen molar-refractivity contribution in [2.45, 2.75) is 32.0 Å². The van der Waals surface area contributed by atoms with E-state index in [2.05, 4.69) is 6.58 Å². The summed E-state index contributed by atoms with van der Waals surface area (Å²) >= 11 is 0. The van der Waals surface area contributed by atoms with Crippen molar-refractivity contribution in [3.63, 3.8) is 0 Å². The third kappa shape index (κ3) is 4.41. The van der Waals surface area contributed by atoms with Gasteiger partial charge in [-0.25, -0.2) is 4.79 Å². The number of rotatable bonds is 7. The molecular formula is C17H22O4. The molecule has 0 aromatic heterocycles. The SMILES string of the molecule is C=C(CCCCOC(=O)c1ccccc1)C1(C)OCCO1. The number of unbranched alkanes of at least 4 members (excludes halogenated alkanes) is 1. The predicted molar refractivity (Wildman–Crippen MR) is 80.0 cm³/mol. The van der Waals surface area contributed by atoms with Gasteiger partial charge in [0, 0.05) is 0 Å². The fourth-order valence-corrected chi connectivity index (χ4v) is 2.21. The van der Waals surface area contributed by atoms with Gasteiger partial charge in [-0.15, -0.1) is 0 Å². The summed E-state index contributed by atoms with van der Waals surface area (Å²) in [6.07, 6.45) is 2.50. The third-order valence-electron chi connectivity index (χ3n) is 3.60. The molecule has 0 atom stereocenters. The summed E-state index contributed by atoms with van der Waals surface area (Å²) in [4.78, 5) is 11.7. The summed E-state index contributed by atoms with van der Waals surface area (Å²) in [6.45, 7) is 7.58. The summed E-state index contributed by atoms with van der Waals surface area (Å²) in [5.74, 6) is -0.912. The van der Waals surface area contributed by atoms with Crippen LogP contribution in [0.1, 0.15) is 36.5 Å². The number of esters is 1. The van der Waals surface area contributed by atoms with Crippen LogP contribution in [-0.2, 0) is 14.2 Å². The molecule has 0 radical (unpaired) electrons. The second-order valence-corrected chi connectivity index (χ2v) is 5.21. The lowest BCUT2D eigenvalue weighted by Crippen LogP contribution is -2.27. The molecule has 0 unspecified atom stereocenters. The minimum absolute atomic E-state index is 0.274. The van der Waals surface area contributed by atoms with Crippen LogP contribution < -0.4 is 0 Å². The topological polar surface area (TPSA) is 44.8 Å². The zero-order valence-corrected chi connectivity index (χ0v) is 12.5. The highest BCUT2D eigenvalue weighted by Gasteiger charge is 2.33. The van der Waals surface area contributed by atoms with Crippen LogP contribution in [0.5, 0.6) is 0 Å². The van der Waals surface area contributed by atoms with Crippen LogP contribution in [0.3, 0.4) is 0 Å². The van der Waals surface area contributed by atoms with E-state index in [0.717, 1.165) is 24.8 Å². The Morgan fingerprint density at radius 1 is 1.24 bits per heavy atom. The molecule has 1 saturated heterocycles. The maximum atomic E-state index is 11.7. The molecule has 2 rings (SSSR count). The summed E-state index contributed by atoms with van der Waals surface area (Å²) in [7, 11) is 0. The average molecular weight is 290 g/mol. The molecule has 21 heavy (non-hydrogen) atoms. The van der Waals surface area contributed by atoms with Gasteiger partial charge < -0.3 is 14.2 Å². The highest BCUT2D eigenvalue weighted by Crippen LogP contribution is 2.29. The van der Waals surface area contributed by atoms with Crippen LogP contribution >= 0.6 is 0 Å². The van der Waals surface area contributed by atoms with E-state index in [1.165, 1.54) is 0 Å². The van der Waals surface area contributed by atoms with Crippen LogP contribution in [0, 0.1) is 0 Å². The van der Waals surface area contributed by atoms with Gasteiger partial charge in [-0.05, 0) is 43.9 Å². The molecule has 0 aliphatic carbocycles. The van der Waals surface area contributed by atoms with E-state index in [-0.39, 0.29) is 5.97 Å². The summed E-state index contributed by atoms with van der Waals surface area (Å²) in [5.41, 5.74) is 1.52. The maximum Gasteiger partial charge on any atom is 0.338 e. The quantitative estimate of drug-likeness (QED) is 0.439. The first-order valence-corrected chi connectivity index (χ1v) is 7.30. The van der Waals surface area contributed by atoms with Gasteiger partial charge in [0.05, 0.1) is 25.4 Å². The number of hydrogen-bond donors (Lipinski definition) is 0. The van der Waals surface area contributed by atoms with Crippen LogP contribution in [0.2, 0.25) is 0 Å². The molecule has 0 saturated carbocycles. The second kappa shape index (κ2) is 7.38. The molecule has 4 heteroatoms. The first-order chi connectivity index (χ1) is 10.1. The van der Waals surface area contributed by atoms with Crippen LogP contribution in [0.4, 0.5) is 0 Å². The Morgan fingerprint density at radius 3 is 2.57 bits per heavy atom. The molecule has 0 N–H and O–H groups in total. The van der Waals surface area contributed by atoms with E-state index in [0.29, 0.717) is 25.4 Å². The predicted octanol–water partition coefficient (Wildman–Crippen LogP) is 3.33. The van der Waals surface area contributed by atoms with Crippen molar-refractivity contribution in [2.24, 2.45) is 0 Å². The Hall–Kier alpha value is -1.65. The van der Waals surface area contributed by atoms with Crippen molar-refractivity contribution in [3.8, 4) is 0 Å². The molecule has 1 aliphatic rings. The van der Waals surface area contributed by atoms with Gasteiger partial charge in [-0.3, -0.25) is 0 Å². The molecule has 1 fully saturated rings. The molecule has 1 aromatic rings. The first kappa shape index (κ1) is 15.7. The van der Waals surface area contributed by atoms with Crippen molar-refractivity contribution in [3.05, 3.63) is 48.0 Å². The van der Waals surface area contributed by atoms with E-state index in [9.17, 15) is 4.79 Å². The van der Waals surface area contributed by atoms with Crippen molar-refractivity contribution >= 4 is 5.97 Å². The highest BCUT2D eigenvalue weighted by molar-refractivity contribution is 5.89. The lowest BCUT2D eigenvalue weighted by Gasteiger charge is -2.24. The number of benzene rings is 1. The number of hydrogen-bond acceptors (Lipinski definition) is 4.